The third kappa shape index (κ3) is 51.5. The minimum absolute atomic E-state index is 0.102. The number of nitrogens with two attached hydrogens (primary N) is 4. The Kier molecular flexibility index (Phi) is 48.6. The lowest BCUT2D eigenvalue weighted by molar-refractivity contribution is -0.119. The molecule has 46 heteroatoms. The number of carbonyl (C=O) groups excluding carboxylic acids is 6. The molecule has 0 aliphatic carbocycles. The van der Waals surface area contributed by atoms with E-state index in [1.54, 1.807) is 121 Å². The van der Waals surface area contributed by atoms with E-state index in [9.17, 15) is 28.8 Å². The first-order valence-corrected chi connectivity index (χ1v) is 34.2. The van der Waals surface area contributed by atoms with Crippen LogP contribution >= 0.6 is 73.3 Å². The molecule has 20 N–H and O–H groups in total. The average molecular weight is 1640 g/mol. The minimum Gasteiger partial charge on any atom is -0.375 e. The maximum Gasteiger partial charge on any atom is 0.332 e. The molecule has 0 aliphatic heterocycles. The fourth-order valence-electron chi connectivity index (χ4n) is 6.42. The lowest BCUT2D eigenvalue weighted by atomic mass is 10.2. The highest BCUT2D eigenvalue weighted by atomic mass is 32.1. The van der Waals surface area contributed by atoms with Crippen LogP contribution in [0, 0.1) is 0 Å². The van der Waals surface area contributed by atoms with Gasteiger partial charge in [0.1, 0.15) is 0 Å². The molecular formula is C66H82N34O6S6. The van der Waals surface area contributed by atoms with Crippen molar-refractivity contribution in [1.82, 2.24) is 95.0 Å². The van der Waals surface area contributed by atoms with Crippen LogP contribution in [0.2, 0.25) is 0 Å². The molecular weight excluding hydrogens is 1560 g/mol. The summed E-state index contributed by atoms with van der Waals surface area (Å²) in [5.41, 5.74) is 59.3. The topological polar surface area (TPSA) is 577 Å². The van der Waals surface area contributed by atoms with Crippen molar-refractivity contribution in [1.29, 1.82) is 0 Å². The second-order valence-electron chi connectivity index (χ2n) is 20.9. The Bertz CT molecular complexity index is 3910. The van der Waals surface area contributed by atoms with Crippen molar-refractivity contribution in [3.63, 3.8) is 0 Å². The van der Waals surface area contributed by atoms with Crippen molar-refractivity contribution < 1.29 is 28.8 Å². The largest absolute Gasteiger partial charge is 0.375 e. The summed E-state index contributed by atoms with van der Waals surface area (Å²) in [6, 6.07) is 30.6. The van der Waals surface area contributed by atoms with Crippen LogP contribution in [0.1, 0.15) is 151 Å². The van der Waals surface area contributed by atoms with E-state index in [2.05, 4.69) is 175 Å². The normalized spacial score (nSPS) is 11.2. The molecule has 6 aromatic heterocycles. The van der Waals surface area contributed by atoms with Gasteiger partial charge in [-0.1, -0.05) is 85.3 Å². The minimum atomic E-state index is -0.755. The second kappa shape index (κ2) is 56.6. The van der Waals surface area contributed by atoms with E-state index < -0.39 is 12.1 Å². The number of nitrogens with one attached hydrogen (secondary N) is 12. The van der Waals surface area contributed by atoms with Crippen molar-refractivity contribution >= 4 is 212 Å². The van der Waals surface area contributed by atoms with Gasteiger partial charge in [0.2, 0.25) is 23.6 Å². The summed E-state index contributed by atoms with van der Waals surface area (Å²) < 4.78 is 0. The maximum atomic E-state index is 10.8. The molecule has 0 aromatic carbocycles. The first-order chi connectivity index (χ1) is 53.1. The number of rotatable bonds is 24. The Labute approximate surface area is 676 Å². The zero-order chi connectivity index (χ0) is 83.8. The summed E-state index contributed by atoms with van der Waals surface area (Å²) in [7, 11) is 0. The molecule has 8 amide bonds. The maximum absolute atomic E-state index is 10.8. The monoisotopic (exact) mass is 1640 g/mol. The van der Waals surface area contributed by atoms with Gasteiger partial charge in [-0.15, -0.1) is 0 Å². The van der Waals surface area contributed by atoms with Gasteiger partial charge >= 0.3 is 12.1 Å². The van der Waals surface area contributed by atoms with Crippen molar-refractivity contribution in [2.24, 2.45) is 84.2 Å². The van der Waals surface area contributed by atoms with Crippen molar-refractivity contribution in [2.45, 2.75) is 83.1 Å². The Balaban J connectivity index is 0.000000672. The smallest absolute Gasteiger partial charge is 0.332 e. The van der Waals surface area contributed by atoms with E-state index in [1.165, 1.54) is 58.8 Å². The van der Waals surface area contributed by atoms with Gasteiger partial charge < -0.3 is 22.9 Å². The number of urea groups is 2. The van der Waals surface area contributed by atoms with Crippen LogP contribution in [0.4, 0.5) is 9.59 Å². The molecule has 112 heavy (non-hydrogen) atoms. The molecule has 6 aromatic rings. The summed E-state index contributed by atoms with van der Waals surface area (Å²) in [6.45, 7) is 19.5. The molecule has 0 spiro atoms. The van der Waals surface area contributed by atoms with Crippen LogP contribution in [0.5, 0.6) is 0 Å². The Morgan fingerprint density at radius 2 is 0.464 bits per heavy atom. The highest BCUT2D eigenvalue weighted by Gasteiger charge is 2.08. The van der Waals surface area contributed by atoms with Crippen LogP contribution in [0.25, 0.3) is 0 Å². The molecule has 0 saturated carbocycles. The van der Waals surface area contributed by atoms with E-state index in [4.69, 9.17) is 71.8 Å². The van der Waals surface area contributed by atoms with Gasteiger partial charge in [-0.2, -0.15) is 61.2 Å². The van der Waals surface area contributed by atoms with E-state index in [1.807, 2.05) is 67.8 Å². The number of amides is 8. The number of aromatic nitrogens is 6. The predicted molar refractivity (Wildman–Crippen MR) is 461 cm³/mol. The molecule has 588 valence electrons. The average Bonchev–Trinajstić information content (AvgIpc) is 0.896. The fourth-order valence-corrected chi connectivity index (χ4v) is 6.72. The number of hydrazone groups is 12. The fraction of sp³-hybridized carbons (Fsp3) is 0.182. The highest BCUT2D eigenvalue weighted by Crippen LogP contribution is 2.06. The van der Waals surface area contributed by atoms with Crippen LogP contribution in [0.3, 0.4) is 0 Å². The molecule has 0 unspecified atom stereocenters. The zero-order valence-corrected chi connectivity index (χ0v) is 67.2. The van der Waals surface area contributed by atoms with E-state index in [0.717, 1.165) is 11.4 Å². The molecule has 0 aliphatic rings. The molecule has 0 bridgehead atoms. The summed E-state index contributed by atoms with van der Waals surface area (Å²) in [6.07, 6.45) is 11.8. The van der Waals surface area contributed by atoms with Gasteiger partial charge in [-0.3, -0.25) is 51.7 Å². The number of nitrogens with zero attached hydrogens (tertiary/aromatic N) is 18. The molecule has 40 nitrogen and oxygen atoms in total. The lowest BCUT2D eigenvalue weighted by Crippen LogP contribution is -2.25. The first kappa shape index (κ1) is 96.3. The van der Waals surface area contributed by atoms with Gasteiger partial charge in [0.15, 0.2) is 10.2 Å². The third-order valence-corrected chi connectivity index (χ3v) is 11.4. The van der Waals surface area contributed by atoms with Crippen LogP contribution in [-0.4, -0.2) is 168 Å². The molecule has 0 radical (unpaired) electrons. The predicted octanol–water partition coefficient (Wildman–Crippen LogP) is 3.35. The molecule has 6 rings (SSSR count). The molecule has 0 fully saturated rings. The van der Waals surface area contributed by atoms with Crippen LogP contribution < -0.4 is 88.0 Å². The Morgan fingerprint density at radius 1 is 0.259 bits per heavy atom. The van der Waals surface area contributed by atoms with Crippen LogP contribution in [-0.2, 0) is 19.2 Å². The van der Waals surface area contributed by atoms with Crippen molar-refractivity contribution in [2.75, 3.05) is 0 Å². The van der Waals surface area contributed by atoms with Gasteiger partial charge in [0.05, 0.1) is 161 Å². The number of carbonyl (C=O) groups is 6. The van der Waals surface area contributed by atoms with Crippen molar-refractivity contribution in [3.05, 3.63) is 178 Å². The number of thiocarbonyl (C=S) groups is 6. The van der Waals surface area contributed by atoms with Gasteiger partial charge in [-0.25, -0.2) is 72.0 Å². The number of hydrogen-bond donors (Lipinski definition) is 16. The first-order valence-electron chi connectivity index (χ1n) is 31.7. The number of pyridine rings is 6. The van der Waals surface area contributed by atoms with Crippen LogP contribution in [0.15, 0.2) is 170 Å². The summed E-state index contributed by atoms with van der Waals surface area (Å²) in [5.74, 6) is -1.04. The summed E-state index contributed by atoms with van der Waals surface area (Å²) in [4.78, 5) is 91.6. The molecule has 0 atom stereocenters. The Morgan fingerprint density at radius 3 is 0.696 bits per heavy atom. The van der Waals surface area contributed by atoms with E-state index in [-0.39, 0.29) is 33.9 Å². The SMILES string of the molecule is CC(=O)N/N=C(\C)c1cccc(/C(C)=N/NC(N)=O)n1.CC(=O)N/N=C/c1cccc(/C=N/NC(C)=O)n1.CC(=O)N/N=C/c1cccc(/C=N/NC(N)=O)n1.CC(=S)N/N=C(\C)c1cccc(/C(C)=N/NC(N)=S)n1.CC(=S)N/N=C/c1cccc(/C=N/NC(C)=S)n1.CC(=S)N/N=C/c1cccc(/C=N/NC(N)=S)n1. The summed E-state index contributed by atoms with van der Waals surface area (Å²) in [5, 5.41) is 46.3. The second-order valence-corrected chi connectivity index (χ2v) is 24.2. The van der Waals surface area contributed by atoms with E-state index >= 15 is 0 Å². The highest BCUT2D eigenvalue weighted by molar-refractivity contribution is 7.81. The number of hydrogen-bond acceptors (Lipinski definition) is 30. The number of primary amides is 2. The third-order valence-electron chi connectivity index (χ3n) is 10.8. The van der Waals surface area contributed by atoms with E-state index in [0.29, 0.717) is 99.7 Å². The Hall–Kier alpha value is -13.7. The van der Waals surface area contributed by atoms with Gasteiger partial charge in [-0.05, 0) is 153 Å². The molecule has 6 heterocycles. The standard InChI is InChI=1S/C12H16N6O2.C12H16N6S2.C11H13N5O2.C11H13N5S2.C10H12N6O2.C10H12N6S2/c2*1-7(15-17-9(3)19)10-5-4-6-11(14-10)8(2)16-18-12(13)20;2*1-8(17)15-12-6-10-4-3-5-11(14-10)7-13-16-9(2)18;2*1-7(17)15-12-5-8-3-2-4-9(14-8)6-13-16-10(11)18/h2*4-6H,1-3H3,(H,17,19)(H3,13,18,20);2*3-7H,1-2H3,(H,15,17)(H,16,18);2*2-6H,1H3,(H,15,17)(H3,11,16,18)/b2*15-7+,16-8+;2*12-6+,13-7+;2*12-5+,13-6+. The zero-order valence-electron chi connectivity index (χ0n) is 62.3. The van der Waals surface area contributed by atoms with Gasteiger partial charge in [0.25, 0.3) is 0 Å². The summed E-state index contributed by atoms with van der Waals surface area (Å²) >= 11 is 28.7. The molecule has 0 saturated heterocycles. The van der Waals surface area contributed by atoms with Gasteiger partial charge in [0, 0.05) is 27.7 Å². The quantitative estimate of drug-likeness (QED) is 0.0235. The lowest BCUT2D eigenvalue weighted by Gasteiger charge is -2.05. The van der Waals surface area contributed by atoms with Crippen molar-refractivity contribution in [3.8, 4) is 0 Å².